The summed E-state index contributed by atoms with van der Waals surface area (Å²) in [5.74, 6) is 2.10. The lowest BCUT2D eigenvalue weighted by Gasteiger charge is -2.24. The Morgan fingerprint density at radius 1 is 1.00 bits per heavy atom. The number of carbonyl (C=O) groups excluding carboxylic acids is 1. The second-order valence-electron chi connectivity index (χ2n) is 6.98. The second kappa shape index (κ2) is 9.79. The molecule has 0 fully saturated rings. The Bertz CT molecular complexity index is 841. The van der Waals surface area contributed by atoms with Gasteiger partial charge in [-0.3, -0.25) is 4.79 Å². The molecule has 1 heterocycles. The van der Waals surface area contributed by atoms with Crippen LogP contribution in [-0.4, -0.2) is 24.5 Å². The van der Waals surface area contributed by atoms with E-state index in [9.17, 15) is 4.79 Å². The van der Waals surface area contributed by atoms with Crippen molar-refractivity contribution in [1.29, 1.82) is 0 Å². The number of nitrogens with zero attached hydrogens (tertiary/aromatic N) is 1. The molecular weight excluding hydrogens is 350 g/mol. The van der Waals surface area contributed by atoms with Gasteiger partial charge in [0.2, 0.25) is 5.91 Å². The first-order valence-electron chi connectivity index (χ1n) is 9.61. The Balaban J connectivity index is 1.67. The van der Waals surface area contributed by atoms with Gasteiger partial charge < -0.3 is 14.1 Å². The molecule has 3 rings (SSSR count). The molecule has 0 saturated heterocycles. The van der Waals surface area contributed by atoms with Crippen molar-refractivity contribution in [3.8, 4) is 5.75 Å². The van der Waals surface area contributed by atoms with Crippen molar-refractivity contribution in [1.82, 2.24) is 4.90 Å². The lowest BCUT2D eigenvalue weighted by Crippen LogP contribution is -2.30. The number of furan rings is 1. The van der Waals surface area contributed by atoms with E-state index in [-0.39, 0.29) is 11.8 Å². The van der Waals surface area contributed by atoms with E-state index in [0.717, 1.165) is 29.9 Å². The maximum atomic E-state index is 12.2. The third-order valence-corrected chi connectivity index (χ3v) is 5.00. The van der Waals surface area contributed by atoms with E-state index in [4.69, 9.17) is 9.15 Å². The number of methoxy groups -OCH3 is 1. The first-order valence-corrected chi connectivity index (χ1v) is 9.61. The van der Waals surface area contributed by atoms with Gasteiger partial charge in [-0.25, -0.2) is 0 Å². The summed E-state index contributed by atoms with van der Waals surface area (Å²) < 4.78 is 10.9. The smallest absolute Gasteiger partial charge is 0.219 e. The molecule has 0 radical (unpaired) electrons. The van der Waals surface area contributed by atoms with Crippen LogP contribution < -0.4 is 4.74 Å². The fraction of sp³-hybridized carbons (Fsp3) is 0.292. The molecule has 0 aliphatic carbocycles. The van der Waals surface area contributed by atoms with Crippen LogP contribution in [0, 0.1) is 0 Å². The Kier molecular flexibility index (Phi) is 6.90. The predicted molar refractivity (Wildman–Crippen MR) is 110 cm³/mol. The average molecular weight is 377 g/mol. The van der Waals surface area contributed by atoms with E-state index in [0.29, 0.717) is 13.1 Å². The predicted octanol–water partition coefficient (Wildman–Crippen LogP) is 5.05. The van der Waals surface area contributed by atoms with Crippen LogP contribution in [0.5, 0.6) is 5.75 Å². The molecule has 4 heteroatoms. The summed E-state index contributed by atoms with van der Waals surface area (Å²) in [4.78, 5) is 14.1. The number of amides is 1. The van der Waals surface area contributed by atoms with Crippen molar-refractivity contribution >= 4 is 5.91 Å². The number of benzene rings is 2. The molecule has 3 aromatic rings. The van der Waals surface area contributed by atoms with Gasteiger partial charge in [-0.05, 0) is 48.2 Å². The Morgan fingerprint density at radius 2 is 1.75 bits per heavy atom. The highest BCUT2D eigenvalue weighted by atomic mass is 16.5. The van der Waals surface area contributed by atoms with Crippen molar-refractivity contribution in [2.45, 2.75) is 32.2 Å². The SMILES string of the molecule is COc1ccc(CN(CC[C@H](Cc2ccccc2)c2ccco2)C(C)=O)cc1. The summed E-state index contributed by atoms with van der Waals surface area (Å²) in [7, 11) is 1.65. The van der Waals surface area contributed by atoms with Gasteiger partial charge >= 0.3 is 0 Å². The van der Waals surface area contributed by atoms with Crippen LogP contribution in [0.2, 0.25) is 0 Å². The Morgan fingerprint density at radius 3 is 2.36 bits per heavy atom. The van der Waals surface area contributed by atoms with E-state index in [1.54, 1.807) is 20.3 Å². The van der Waals surface area contributed by atoms with Crippen LogP contribution in [0.25, 0.3) is 0 Å². The number of hydrogen-bond donors (Lipinski definition) is 0. The van der Waals surface area contributed by atoms with Crippen LogP contribution in [0.4, 0.5) is 0 Å². The van der Waals surface area contributed by atoms with E-state index in [1.165, 1.54) is 5.56 Å². The molecular formula is C24H27NO3. The van der Waals surface area contributed by atoms with Gasteiger partial charge in [-0.15, -0.1) is 0 Å². The van der Waals surface area contributed by atoms with Crippen LogP contribution in [0.3, 0.4) is 0 Å². The van der Waals surface area contributed by atoms with Gasteiger partial charge in [0, 0.05) is 25.9 Å². The molecule has 0 aliphatic heterocycles. The van der Waals surface area contributed by atoms with Crippen molar-refractivity contribution in [2.24, 2.45) is 0 Å². The minimum Gasteiger partial charge on any atom is -0.497 e. The number of hydrogen-bond acceptors (Lipinski definition) is 3. The molecule has 0 aliphatic rings. The zero-order chi connectivity index (χ0) is 19.8. The third kappa shape index (κ3) is 5.49. The van der Waals surface area contributed by atoms with Gasteiger partial charge in [-0.2, -0.15) is 0 Å². The van der Waals surface area contributed by atoms with Gasteiger partial charge in [-0.1, -0.05) is 42.5 Å². The molecule has 28 heavy (non-hydrogen) atoms. The molecule has 0 unspecified atom stereocenters. The molecule has 1 atom stereocenters. The van der Waals surface area contributed by atoms with Gasteiger partial charge in [0.15, 0.2) is 0 Å². The standard InChI is InChI=1S/C24H27NO3/c1-19(26)25(18-21-10-12-23(27-2)13-11-21)15-14-22(24-9-6-16-28-24)17-20-7-4-3-5-8-20/h3-13,16,22H,14-15,17-18H2,1-2H3/t22-/m1/s1. The summed E-state index contributed by atoms with van der Waals surface area (Å²) in [5.41, 5.74) is 2.36. The number of carbonyl (C=O) groups is 1. The van der Waals surface area contributed by atoms with Gasteiger partial charge in [0.05, 0.1) is 13.4 Å². The molecule has 1 amide bonds. The lowest BCUT2D eigenvalue weighted by atomic mass is 9.93. The largest absolute Gasteiger partial charge is 0.497 e. The van der Waals surface area contributed by atoms with Crippen molar-refractivity contribution in [3.63, 3.8) is 0 Å². The van der Waals surface area contributed by atoms with Crippen molar-refractivity contribution in [2.75, 3.05) is 13.7 Å². The minimum absolute atomic E-state index is 0.0775. The first-order chi connectivity index (χ1) is 13.7. The maximum Gasteiger partial charge on any atom is 0.219 e. The van der Waals surface area contributed by atoms with Crippen molar-refractivity contribution in [3.05, 3.63) is 89.9 Å². The number of ether oxygens (including phenoxy) is 1. The quantitative estimate of drug-likeness (QED) is 0.524. The molecule has 1 aromatic heterocycles. The van der Waals surface area contributed by atoms with E-state index in [2.05, 4.69) is 24.3 Å². The second-order valence-corrected chi connectivity index (χ2v) is 6.98. The monoisotopic (exact) mass is 377 g/mol. The number of rotatable bonds is 9. The summed E-state index contributed by atoms with van der Waals surface area (Å²) in [5, 5.41) is 0. The summed E-state index contributed by atoms with van der Waals surface area (Å²) >= 11 is 0. The highest BCUT2D eigenvalue weighted by Gasteiger charge is 2.18. The fourth-order valence-corrected chi connectivity index (χ4v) is 3.38. The maximum absolute atomic E-state index is 12.2. The fourth-order valence-electron chi connectivity index (χ4n) is 3.38. The van der Waals surface area contributed by atoms with E-state index in [1.807, 2.05) is 47.4 Å². The minimum atomic E-state index is 0.0775. The molecule has 0 bridgehead atoms. The van der Waals surface area contributed by atoms with Crippen LogP contribution in [0.1, 0.15) is 36.1 Å². The Hall–Kier alpha value is -3.01. The van der Waals surface area contributed by atoms with Gasteiger partial charge in [0.1, 0.15) is 11.5 Å². The molecule has 4 nitrogen and oxygen atoms in total. The highest BCUT2D eigenvalue weighted by molar-refractivity contribution is 5.73. The zero-order valence-electron chi connectivity index (χ0n) is 16.5. The average Bonchev–Trinajstić information content (AvgIpc) is 3.26. The third-order valence-electron chi connectivity index (χ3n) is 5.00. The molecule has 0 spiro atoms. The van der Waals surface area contributed by atoms with Crippen LogP contribution in [0.15, 0.2) is 77.4 Å². The highest BCUT2D eigenvalue weighted by Crippen LogP contribution is 2.26. The molecule has 146 valence electrons. The molecule has 0 saturated carbocycles. The van der Waals surface area contributed by atoms with Crippen LogP contribution in [-0.2, 0) is 17.8 Å². The van der Waals surface area contributed by atoms with Gasteiger partial charge in [0.25, 0.3) is 0 Å². The first kappa shape index (κ1) is 19.7. The van der Waals surface area contributed by atoms with Crippen molar-refractivity contribution < 1.29 is 13.9 Å². The van der Waals surface area contributed by atoms with Crippen LogP contribution >= 0.6 is 0 Å². The summed E-state index contributed by atoms with van der Waals surface area (Å²) in [6.45, 7) is 2.90. The normalized spacial score (nSPS) is 11.8. The van der Waals surface area contributed by atoms with E-state index < -0.39 is 0 Å². The summed E-state index contributed by atoms with van der Waals surface area (Å²) in [6.07, 6.45) is 3.45. The zero-order valence-corrected chi connectivity index (χ0v) is 16.5. The topological polar surface area (TPSA) is 42.7 Å². The molecule has 2 aromatic carbocycles. The van der Waals surface area contributed by atoms with E-state index >= 15 is 0 Å². The Labute approximate surface area is 166 Å². The lowest BCUT2D eigenvalue weighted by molar-refractivity contribution is -0.129. The summed E-state index contributed by atoms with van der Waals surface area (Å²) in [6, 6.07) is 22.2. The molecule has 0 N–H and O–H groups in total.